The number of nitrogens with one attached hydrogen (secondary N) is 1. The predicted octanol–water partition coefficient (Wildman–Crippen LogP) is 6.08. The Morgan fingerprint density at radius 3 is 2.63 bits per heavy atom. The van der Waals surface area contributed by atoms with E-state index in [4.69, 9.17) is 4.74 Å². The third kappa shape index (κ3) is 6.74. The van der Waals surface area contributed by atoms with Gasteiger partial charge in [-0.3, -0.25) is 4.79 Å². The van der Waals surface area contributed by atoms with E-state index in [9.17, 15) is 23.1 Å². The molecular formula is C30H30F3N5O3. The van der Waals surface area contributed by atoms with Crippen LogP contribution in [0.15, 0.2) is 66.9 Å². The number of anilines is 1. The number of halogens is 3. The third-order valence-corrected chi connectivity index (χ3v) is 6.84. The molecule has 1 aliphatic heterocycles. The van der Waals surface area contributed by atoms with Gasteiger partial charge in [0.15, 0.2) is 0 Å². The summed E-state index contributed by atoms with van der Waals surface area (Å²) in [4.78, 5) is 21.5. The van der Waals surface area contributed by atoms with Crippen LogP contribution in [-0.4, -0.2) is 43.0 Å². The molecule has 0 spiro atoms. The second kappa shape index (κ2) is 11.3. The van der Waals surface area contributed by atoms with Crippen LogP contribution in [0.4, 0.5) is 19.0 Å². The fourth-order valence-corrected chi connectivity index (χ4v) is 4.88. The van der Waals surface area contributed by atoms with Crippen molar-refractivity contribution in [2.45, 2.75) is 57.3 Å². The number of carbonyl (C=O) groups excluding carboxylic acids is 1. The lowest BCUT2D eigenvalue weighted by atomic mass is 9.99. The molecule has 41 heavy (non-hydrogen) atoms. The summed E-state index contributed by atoms with van der Waals surface area (Å²) in [6.45, 7) is 3.60. The van der Waals surface area contributed by atoms with Crippen molar-refractivity contribution < 1.29 is 27.8 Å². The van der Waals surface area contributed by atoms with E-state index in [1.54, 1.807) is 18.5 Å². The molecule has 0 radical (unpaired) electrons. The molecule has 0 saturated carbocycles. The molecule has 3 heterocycles. The van der Waals surface area contributed by atoms with Crippen molar-refractivity contribution in [2.75, 3.05) is 11.9 Å². The molecule has 214 valence electrons. The van der Waals surface area contributed by atoms with E-state index >= 15 is 0 Å². The maximum absolute atomic E-state index is 13.9. The van der Waals surface area contributed by atoms with E-state index in [-0.39, 0.29) is 41.2 Å². The topological polar surface area (TPSA) is 102 Å². The minimum Gasteiger partial charge on any atom is -0.494 e. The molecule has 0 bridgehead atoms. The molecule has 11 heteroatoms. The largest absolute Gasteiger partial charge is 0.494 e. The average Bonchev–Trinajstić information content (AvgIpc) is 3.52. The smallest absolute Gasteiger partial charge is 0.417 e. The first-order valence-electron chi connectivity index (χ1n) is 13.3. The number of hydrogen-bond donors (Lipinski definition) is 2. The number of aliphatic hydroxyl groups is 1. The lowest BCUT2D eigenvalue weighted by molar-refractivity contribution is -0.137. The number of nitrogens with zero attached hydrogens (tertiary/aromatic N) is 4. The van der Waals surface area contributed by atoms with Crippen molar-refractivity contribution in [3.8, 4) is 16.9 Å². The first-order chi connectivity index (χ1) is 19.5. The summed E-state index contributed by atoms with van der Waals surface area (Å²) in [5.74, 6) is 0.371. The highest BCUT2D eigenvalue weighted by molar-refractivity contribution is 6.01. The summed E-state index contributed by atoms with van der Waals surface area (Å²) >= 11 is 0. The maximum Gasteiger partial charge on any atom is 0.417 e. The van der Waals surface area contributed by atoms with Gasteiger partial charge in [-0.15, -0.1) is 5.10 Å². The molecule has 0 aliphatic carbocycles. The van der Waals surface area contributed by atoms with Crippen LogP contribution in [-0.2, 0) is 12.6 Å². The summed E-state index contributed by atoms with van der Waals surface area (Å²) in [7, 11) is 0. The standard InChI is InChI=1S/C30H30F3N5O3/c1-29(2,40)14-6-16-41-21-9-10-23(30(31,32)33)22(18-21)20-13-15-34-25(17-20)35-28(39)27-36-26-12-11-24(38(26)37-27)19-7-4-3-5-8-19/h3-5,7-10,13,15,17-18,24,40H,6,11-12,14,16H2,1-2H3,(H,34,35,39). The monoisotopic (exact) mass is 565 g/mol. The Balaban J connectivity index is 1.35. The van der Waals surface area contributed by atoms with Crippen LogP contribution < -0.4 is 10.1 Å². The van der Waals surface area contributed by atoms with Crippen LogP contribution in [0.3, 0.4) is 0 Å². The molecule has 1 amide bonds. The van der Waals surface area contributed by atoms with E-state index in [2.05, 4.69) is 20.4 Å². The fraction of sp³-hybridized carbons (Fsp3) is 0.333. The van der Waals surface area contributed by atoms with Crippen molar-refractivity contribution in [1.82, 2.24) is 19.7 Å². The van der Waals surface area contributed by atoms with E-state index in [1.807, 2.05) is 30.3 Å². The highest BCUT2D eigenvalue weighted by atomic mass is 19.4. The molecule has 4 aromatic rings. The number of amides is 1. The molecule has 1 unspecified atom stereocenters. The Morgan fingerprint density at radius 1 is 1.12 bits per heavy atom. The first kappa shape index (κ1) is 28.3. The third-order valence-electron chi connectivity index (χ3n) is 6.84. The highest BCUT2D eigenvalue weighted by Gasteiger charge is 2.34. The average molecular weight is 566 g/mol. The van der Waals surface area contributed by atoms with Crippen molar-refractivity contribution in [3.63, 3.8) is 0 Å². The quantitative estimate of drug-likeness (QED) is 0.239. The van der Waals surface area contributed by atoms with Gasteiger partial charge < -0.3 is 15.2 Å². The normalized spacial score (nSPS) is 15.0. The number of hydrogen-bond acceptors (Lipinski definition) is 6. The van der Waals surface area contributed by atoms with Crippen molar-refractivity contribution in [2.24, 2.45) is 0 Å². The Kier molecular flexibility index (Phi) is 7.81. The van der Waals surface area contributed by atoms with Gasteiger partial charge in [0.05, 0.1) is 23.8 Å². The molecular weight excluding hydrogens is 535 g/mol. The van der Waals surface area contributed by atoms with Gasteiger partial charge in [0.25, 0.3) is 5.91 Å². The fourth-order valence-electron chi connectivity index (χ4n) is 4.88. The number of carbonyl (C=O) groups is 1. The Bertz CT molecular complexity index is 1530. The van der Waals surface area contributed by atoms with Crippen molar-refractivity contribution >= 4 is 11.7 Å². The van der Waals surface area contributed by atoms with E-state index < -0.39 is 23.2 Å². The summed E-state index contributed by atoms with van der Waals surface area (Å²) in [5, 5.41) is 16.9. The Labute approximate surface area is 235 Å². The number of fused-ring (bicyclic) bond motifs is 1. The molecule has 0 fully saturated rings. The minimum atomic E-state index is -4.61. The summed E-state index contributed by atoms with van der Waals surface area (Å²) in [5.41, 5.74) is -0.540. The SMILES string of the molecule is CC(C)(O)CCCOc1ccc(C(F)(F)F)c(-c2ccnc(NC(=O)c3nc4n(n3)C(c3ccccc3)CC4)c2)c1. The number of ether oxygens (including phenoxy) is 1. The van der Waals surface area contributed by atoms with Gasteiger partial charge in [0.1, 0.15) is 17.4 Å². The van der Waals surface area contributed by atoms with Crippen LogP contribution in [0.1, 0.15) is 66.7 Å². The van der Waals surface area contributed by atoms with Crippen LogP contribution in [0.5, 0.6) is 5.75 Å². The Hall–Kier alpha value is -4.25. The summed E-state index contributed by atoms with van der Waals surface area (Å²) < 4.78 is 49.1. The van der Waals surface area contributed by atoms with Crippen molar-refractivity contribution in [3.05, 3.63) is 89.6 Å². The summed E-state index contributed by atoms with van der Waals surface area (Å²) in [6.07, 6.45) is -0.775. The molecule has 1 atom stereocenters. The second-order valence-electron chi connectivity index (χ2n) is 10.6. The maximum atomic E-state index is 13.9. The van der Waals surface area contributed by atoms with Crippen molar-refractivity contribution in [1.29, 1.82) is 0 Å². The summed E-state index contributed by atoms with van der Waals surface area (Å²) in [6, 6.07) is 16.2. The number of rotatable bonds is 9. The highest BCUT2D eigenvalue weighted by Crippen LogP contribution is 2.39. The van der Waals surface area contributed by atoms with Gasteiger partial charge in [-0.05, 0) is 80.1 Å². The molecule has 5 rings (SSSR count). The first-order valence-corrected chi connectivity index (χ1v) is 13.3. The molecule has 2 aromatic carbocycles. The van der Waals surface area contributed by atoms with Crippen LogP contribution in [0, 0.1) is 0 Å². The van der Waals surface area contributed by atoms with Gasteiger partial charge in [-0.1, -0.05) is 30.3 Å². The van der Waals surface area contributed by atoms with Gasteiger partial charge >= 0.3 is 6.18 Å². The number of pyridine rings is 1. The lowest BCUT2D eigenvalue weighted by Crippen LogP contribution is -2.19. The molecule has 0 saturated heterocycles. The molecule has 8 nitrogen and oxygen atoms in total. The van der Waals surface area contributed by atoms with E-state index in [1.165, 1.54) is 30.5 Å². The zero-order valence-electron chi connectivity index (χ0n) is 22.7. The van der Waals surface area contributed by atoms with E-state index in [0.717, 1.165) is 18.1 Å². The number of aromatic nitrogens is 4. The number of aryl methyl sites for hydroxylation is 1. The van der Waals surface area contributed by atoms with Gasteiger partial charge in [-0.25, -0.2) is 14.6 Å². The number of alkyl halides is 3. The predicted molar refractivity (Wildman–Crippen MR) is 147 cm³/mol. The van der Waals surface area contributed by atoms with Crippen LogP contribution in [0.25, 0.3) is 11.1 Å². The molecule has 1 aliphatic rings. The van der Waals surface area contributed by atoms with E-state index in [0.29, 0.717) is 25.1 Å². The van der Waals surface area contributed by atoms with Gasteiger partial charge in [0, 0.05) is 12.6 Å². The zero-order valence-corrected chi connectivity index (χ0v) is 22.7. The van der Waals surface area contributed by atoms with Crippen LogP contribution >= 0.6 is 0 Å². The number of benzene rings is 2. The zero-order chi connectivity index (χ0) is 29.2. The van der Waals surface area contributed by atoms with Crippen LogP contribution in [0.2, 0.25) is 0 Å². The van der Waals surface area contributed by atoms with Gasteiger partial charge in [-0.2, -0.15) is 13.2 Å². The molecule has 2 N–H and O–H groups in total. The van der Waals surface area contributed by atoms with Gasteiger partial charge in [0.2, 0.25) is 5.82 Å². The second-order valence-corrected chi connectivity index (χ2v) is 10.6. The Morgan fingerprint density at radius 2 is 1.90 bits per heavy atom. The molecule has 2 aromatic heterocycles. The lowest BCUT2D eigenvalue weighted by Gasteiger charge is -2.18. The minimum absolute atomic E-state index is 0.0212.